The zero-order chi connectivity index (χ0) is 18.2. The second-order valence-corrected chi connectivity index (χ2v) is 10.4. The number of nitriles is 1. The summed E-state index contributed by atoms with van der Waals surface area (Å²) >= 11 is 0. The summed E-state index contributed by atoms with van der Waals surface area (Å²) in [4.78, 5) is 0. The van der Waals surface area contributed by atoms with E-state index in [0.29, 0.717) is 30.1 Å². The molecule has 5 fully saturated rings. The second kappa shape index (κ2) is 5.46. The van der Waals surface area contributed by atoms with Crippen LogP contribution in [0.15, 0.2) is 0 Å². The third kappa shape index (κ3) is 2.06. The van der Waals surface area contributed by atoms with E-state index in [1.54, 1.807) is 0 Å². The summed E-state index contributed by atoms with van der Waals surface area (Å²) in [5, 5.41) is 20.0. The maximum absolute atomic E-state index is 10.6. The van der Waals surface area contributed by atoms with Gasteiger partial charge in [-0.1, -0.05) is 13.8 Å². The van der Waals surface area contributed by atoms with Crippen LogP contribution in [0.2, 0.25) is 0 Å². The number of ether oxygens (including phenoxy) is 2. The molecular formula is C22H33NO3. The highest BCUT2D eigenvalue weighted by atomic mass is 16.7. The van der Waals surface area contributed by atoms with Gasteiger partial charge in [0.2, 0.25) is 0 Å². The molecule has 1 saturated heterocycles. The van der Waals surface area contributed by atoms with Gasteiger partial charge >= 0.3 is 0 Å². The molecule has 26 heavy (non-hydrogen) atoms. The number of fused-ring (bicyclic) bond motifs is 6. The lowest BCUT2D eigenvalue weighted by Gasteiger charge is -2.61. The molecule has 1 N–H and O–H groups in total. The van der Waals surface area contributed by atoms with Gasteiger partial charge in [-0.15, -0.1) is 0 Å². The predicted molar refractivity (Wildman–Crippen MR) is 96.9 cm³/mol. The Labute approximate surface area is 157 Å². The van der Waals surface area contributed by atoms with Gasteiger partial charge in [0.05, 0.1) is 19.3 Å². The maximum atomic E-state index is 10.6. The van der Waals surface area contributed by atoms with Crippen LogP contribution in [0.25, 0.3) is 0 Å². The lowest BCUT2D eigenvalue weighted by Crippen LogP contribution is -2.58. The van der Waals surface area contributed by atoms with Gasteiger partial charge in [0, 0.05) is 11.8 Å². The highest BCUT2D eigenvalue weighted by molar-refractivity contribution is 5.15. The van der Waals surface area contributed by atoms with Crippen molar-refractivity contribution < 1.29 is 14.6 Å². The minimum Gasteiger partial charge on any atom is -0.375 e. The van der Waals surface area contributed by atoms with Crippen LogP contribution in [-0.4, -0.2) is 29.7 Å². The molecule has 7 unspecified atom stereocenters. The first-order valence-corrected chi connectivity index (χ1v) is 10.8. The van der Waals surface area contributed by atoms with E-state index >= 15 is 0 Å². The molecule has 0 amide bonds. The molecule has 7 atom stereocenters. The minimum atomic E-state index is -1.08. The molecule has 1 heterocycles. The summed E-state index contributed by atoms with van der Waals surface area (Å²) < 4.78 is 12.5. The first kappa shape index (κ1) is 17.5. The number of hydrogen-bond acceptors (Lipinski definition) is 4. The third-order valence-electron chi connectivity index (χ3n) is 9.73. The molecule has 0 aromatic heterocycles. The summed E-state index contributed by atoms with van der Waals surface area (Å²) in [6.45, 7) is 6.42. The van der Waals surface area contributed by atoms with Crippen LogP contribution in [0, 0.1) is 45.8 Å². The van der Waals surface area contributed by atoms with Crippen LogP contribution in [0.3, 0.4) is 0 Å². The van der Waals surface area contributed by atoms with Gasteiger partial charge in [0.15, 0.2) is 11.4 Å². The lowest BCUT2D eigenvalue weighted by molar-refractivity contribution is -0.248. The van der Waals surface area contributed by atoms with Crippen LogP contribution >= 0.6 is 0 Å². The minimum absolute atomic E-state index is 0.163. The number of hydrogen-bond donors (Lipinski definition) is 1. The standard InChI is InChI=1S/C22H33NO3/c1-19-9-10-21(24,14-23)13-15(19)3-4-16-17(19)5-7-20(2)18(16)6-8-22(20)25-11-12-26-22/h15-18,24H,3-13H2,1-2H3. The van der Waals surface area contributed by atoms with Gasteiger partial charge in [-0.25, -0.2) is 0 Å². The zero-order valence-electron chi connectivity index (χ0n) is 16.3. The van der Waals surface area contributed by atoms with E-state index in [0.717, 1.165) is 37.9 Å². The van der Waals surface area contributed by atoms with Crippen molar-refractivity contribution in [3.05, 3.63) is 0 Å². The molecule has 0 bridgehead atoms. The molecule has 1 spiro atoms. The Morgan fingerprint density at radius 2 is 1.65 bits per heavy atom. The van der Waals surface area contributed by atoms with E-state index in [1.165, 1.54) is 32.1 Å². The van der Waals surface area contributed by atoms with Gasteiger partial charge < -0.3 is 14.6 Å². The summed E-state index contributed by atoms with van der Waals surface area (Å²) in [5.41, 5.74) is -0.625. The van der Waals surface area contributed by atoms with Crippen molar-refractivity contribution >= 4 is 0 Å². The Kier molecular flexibility index (Phi) is 3.67. The average molecular weight is 360 g/mol. The quantitative estimate of drug-likeness (QED) is 0.663. The molecule has 144 valence electrons. The van der Waals surface area contributed by atoms with Crippen molar-refractivity contribution in [2.24, 2.45) is 34.5 Å². The van der Waals surface area contributed by atoms with Gasteiger partial charge in [0.25, 0.3) is 0 Å². The maximum Gasteiger partial charge on any atom is 0.174 e. The SMILES string of the molecule is CC12CCC(O)(C#N)CC1CCC1C2CCC2(C)C1CCC21OCCO1. The van der Waals surface area contributed by atoms with E-state index in [-0.39, 0.29) is 11.2 Å². The molecular weight excluding hydrogens is 326 g/mol. The molecule has 0 radical (unpaired) electrons. The van der Waals surface area contributed by atoms with Gasteiger partial charge in [-0.2, -0.15) is 5.26 Å². The Balaban J connectivity index is 1.43. The third-order valence-corrected chi connectivity index (χ3v) is 9.73. The van der Waals surface area contributed by atoms with Crippen molar-refractivity contribution in [1.82, 2.24) is 0 Å². The summed E-state index contributed by atoms with van der Waals surface area (Å²) in [6.07, 6.45) is 9.51. The van der Waals surface area contributed by atoms with E-state index in [2.05, 4.69) is 19.9 Å². The number of rotatable bonds is 0. The zero-order valence-corrected chi connectivity index (χ0v) is 16.3. The van der Waals surface area contributed by atoms with Gasteiger partial charge in [-0.05, 0) is 80.5 Å². The molecule has 4 nitrogen and oxygen atoms in total. The van der Waals surface area contributed by atoms with Crippen molar-refractivity contribution in [3.8, 4) is 6.07 Å². The molecule has 0 aromatic rings. The monoisotopic (exact) mass is 359 g/mol. The Hall–Kier alpha value is -0.630. The highest BCUT2D eigenvalue weighted by Crippen LogP contribution is 2.69. The van der Waals surface area contributed by atoms with Crippen LogP contribution in [0.1, 0.15) is 71.6 Å². The number of aliphatic hydroxyl groups is 1. The summed E-state index contributed by atoms with van der Waals surface area (Å²) in [6, 6.07) is 2.20. The first-order chi connectivity index (χ1) is 12.4. The van der Waals surface area contributed by atoms with Gasteiger partial charge in [0.1, 0.15) is 0 Å². The van der Waals surface area contributed by atoms with Crippen molar-refractivity contribution in [2.45, 2.75) is 83.0 Å². The van der Waals surface area contributed by atoms with E-state index in [1.807, 2.05) is 0 Å². The van der Waals surface area contributed by atoms with Crippen LogP contribution in [-0.2, 0) is 9.47 Å². The lowest BCUT2D eigenvalue weighted by atomic mass is 9.44. The van der Waals surface area contributed by atoms with Crippen molar-refractivity contribution in [1.29, 1.82) is 5.26 Å². The smallest absolute Gasteiger partial charge is 0.174 e. The Morgan fingerprint density at radius 3 is 2.38 bits per heavy atom. The molecule has 1 aliphatic heterocycles. The van der Waals surface area contributed by atoms with E-state index in [9.17, 15) is 10.4 Å². The fourth-order valence-corrected chi connectivity index (χ4v) is 8.23. The number of nitrogens with zero attached hydrogens (tertiary/aromatic N) is 1. The second-order valence-electron chi connectivity index (χ2n) is 10.4. The average Bonchev–Trinajstić information content (AvgIpc) is 3.22. The van der Waals surface area contributed by atoms with Crippen LogP contribution in [0.5, 0.6) is 0 Å². The largest absolute Gasteiger partial charge is 0.375 e. The molecule has 4 heteroatoms. The Morgan fingerprint density at radius 1 is 0.923 bits per heavy atom. The van der Waals surface area contributed by atoms with Crippen LogP contribution in [0.4, 0.5) is 0 Å². The molecule has 5 rings (SSSR count). The topological polar surface area (TPSA) is 62.5 Å². The highest BCUT2D eigenvalue weighted by Gasteiger charge is 2.67. The van der Waals surface area contributed by atoms with Crippen molar-refractivity contribution in [2.75, 3.05) is 13.2 Å². The fourth-order valence-electron chi connectivity index (χ4n) is 8.23. The first-order valence-electron chi connectivity index (χ1n) is 10.8. The molecule has 4 saturated carbocycles. The summed E-state index contributed by atoms with van der Waals surface area (Å²) in [7, 11) is 0. The molecule has 0 aromatic carbocycles. The molecule has 5 aliphatic rings. The van der Waals surface area contributed by atoms with Crippen LogP contribution < -0.4 is 0 Å². The van der Waals surface area contributed by atoms with Crippen molar-refractivity contribution in [3.63, 3.8) is 0 Å². The van der Waals surface area contributed by atoms with E-state index < -0.39 is 5.60 Å². The fraction of sp³-hybridized carbons (Fsp3) is 0.955. The normalized spacial score (nSPS) is 55.0. The van der Waals surface area contributed by atoms with E-state index in [4.69, 9.17) is 9.47 Å². The summed E-state index contributed by atoms with van der Waals surface area (Å²) in [5.74, 6) is 2.39. The Bertz CT molecular complexity index is 638. The van der Waals surface area contributed by atoms with Gasteiger partial charge in [-0.3, -0.25) is 0 Å². The predicted octanol–water partition coefficient (Wildman–Crippen LogP) is 4.03. The molecule has 4 aliphatic carbocycles.